The minimum absolute atomic E-state index is 0.194. The normalized spacial score (nSPS) is 24.1. The van der Waals surface area contributed by atoms with E-state index in [1.807, 2.05) is 24.3 Å². The number of benzene rings is 1. The van der Waals surface area contributed by atoms with Crippen LogP contribution in [0.15, 0.2) is 24.3 Å². The Balaban J connectivity index is 1.76. The summed E-state index contributed by atoms with van der Waals surface area (Å²) in [4.78, 5) is 0. The van der Waals surface area contributed by atoms with Crippen LogP contribution >= 0.6 is 0 Å². The van der Waals surface area contributed by atoms with E-state index in [-0.39, 0.29) is 6.04 Å². The number of nitrogens with one attached hydrogen (secondary N) is 1. The van der Waals surface area contributed by atoms with Crippen LogP contribution in [-0.4, -0.2) is 25.4 Å². The zero-order chi connectivity index (χ0) is 14.8. The quantitative estimate of drug-likeness (QED) is 0.887. The van der Waals surface area contributed by atoms with E-state index in [0.29, 0.717) is 5.92 Å². The highest BCUT2D eigenvalue weighted by molar-refractivity contribution is 5.30. The van der Waals surface area contributed by atoms with Gasteiger partial charge in [-0.1, -0.05) is 12.1 Å². The summed E-state index contributed by atoms with van der Waals surface area (Å²) in [6, 6.07) is 7.57. The number of methoxy groups -OCH3 is 1. The van der Waals surface area contributed by atoms with Crippen LogP contribution in [0.2, 0.25) is 0 Å². The molecule has 1 aromatic carbocycles. The number of hydrogen-bond acceptors (Lipinski definition) is 2. The van der Waals surface area contributed by atoms with Crippen LogP contribution in [0.4, 0.5) is 13.2 Å². The van der Waals surface area contributed by atoms with Crippen molar-refractivity contribution in [1.82, 2.24) is 5.32 Å². The van der Waals surface area contributed by atoms with Gasteiger partial charge in [0.05, 0.1) is 13.5 Å². The molecule has 2 nitrogen and oxygen atoms in total. The van der Waals surface area contributed by atoms with E-state index in [9.17, 15) is 13.2 Å². The summed E-state index contributed by atoms with van der Waals surface area (Å²) in [5.41, 5.74) is 1.23. The van der Waals surface area contributed by atoms with Crippen molar-refractivity contribution >= 4 is 0 Å². The molecule has 1 aromatic rings. The zero-order valence-electron chi connectivity index (χ0n) is 11.7. The fourth-order valence-electron chi connectivity index (χ4n) is 2.71. The van der Waals surface area contributed by atoms with Crippen LogP contribution in [0.25, 0.3) is 0 Å². The van der Waals surface area contributed by atoms with E-state index >= 15 is 0 Å². The Labute approximate surface area is 117 Å². The van der Waals surface area contributed by atoms with Crippen LogP contribution in [0.5, 0.6) is 5.75 Å². The molecule has 5 heteroatoms. The summed E-state index contributed by atoms with van der Waals surface area (Å²) in [6.07, 6.45) is -3.06. The molecule has 0 amide bonds. The van der Waals surface area contributed by atoms with Gasteiger partial charge >= 0.3 is 6.18 Å². The van der Waals surface area contributed by atoms with Crippen LogP contribution in [0.3, 0.4) is 0 Å². The monoisotopic (exact) mass is 287 g/mol. The third-order valence-electron chi connectivity index (χ3n) is 3.78. The van der Waals surface area contributed by atoms with Gasteiger partial charge in [0.1, 0.15) is 5.75 Å². The van der Waals surface area contributed by atoms with Crippen molar-refractivity contribution in [3.05, 3.63) is 29.8 Å². The van der Waals surface area contributed by atoms with Gasteiger partial charge in [-0.2, -0.15) is 13.2 Å². The molecule has 1 fully saturated rings. The summed E-state index contributed by atoms with van der Waals surface area (Å²) < 4.78 is 41.8. The summed E-state index contributed by atoms with van der Waals surface area (Å²) in [5, 5.41) is 3.05. The first-order valence-electron chi connectivity index (χ1n) is 6.84. The molecule has 1 aliphatic rings. The van der Waals surface area contributed by atoms with Crippen molar-refractivity contribution in [1.29, 1.82) is 0 Å². The van der Waals surface area contributed by atoms with E-state index in [1.165, 1.54) is 5.56 Å². The molecular weight excluding hydrogens is 267 g/mol. The first-order valence-corrected chi connectivity index (χ1v) is 6.84. The molecule has 112 valence electrons. The fourth-order valence-corrected chi connectivity index (χ4v) is 2.71. The minimum Gasteiger partial charge on any atom is -0.497 e. The lowest BCUT2D eigenvalue weighted by Gasteiger charge is -2.38. The Morgan fingerprint density at radius 3 is 2.35 bits per heavy atom. The van der Waals surface area contributed by atoms with E-state index in [4.69, 9.17) is 4.74 Å². The number of rotatable bonds is 5. The van der Waals surface area contributed by atoms with Gasteiger partial charge in [0.25, 0.3) is 0 Å². The maximum Gasteiger partial charge on any atom is 0.390 e. The molecule has 0 aromatic heterocycles. The van der Waals surface area contributed by atoms with Crippen LogP contribution < -0.4 is 10.1 Å². The molecule has 0 heterocycles. The maximum atomic E-state index is 12.2. The smallest absolute Gasteiger partial charge is 0.390 e. The van der Waals surface area contributed by atoms with Crippen LogP contribution in [0.1, 0.15) is 37.7 Å². The van der Waals surface area contributed by atoms with Crippen molar-refractivity contribution in [2.24, 2.45) is 0 Å². The van der Waals surface area contributed by atoms with Gasteiger partial charge in [-0.15, -0.1) is 0 Å². The highest BCUT2D eigenvalue weighted by atomic mass is 19.4. The molecule has 0 radical (unpaired) electrons. The largest absolute Gasteiger partial charge is 0.497 e. The summed E-state index contributed by atoms with van der Waals surface area (Å²) in [5.74, 6) is 1.26. The molecule has 1 aliphatic carbocycles. The Hall–Kier alpha value is -1.23. The zero-order valence-corrected chi connectivity index (χ0v) is 11.7. The van der Waals surface area contributed by atoms with E-state index in [0.717, 1.165) is 18.6 Å². The Morgan fingerprint density at radius 1 is 1.25 bits per heavy atom. The fraction of sp³-hybridized carbons (Fsp3) is 0.600. The van der Waals surface area contributed by atoms with Crippen LogP contribution in [-0.2, 0) is 0 Å². The average molecular weight is 287 g/mol. The summed E-state index contributed by atoms with van der Waals surface area (Å²) in [7, 11) is 1.63. The van der Waals surface area contributed by atoms with Crippen molar-refractivity contribution in [3.63, 3.8) is 0 Å². The van der Waals surface area contributed by atoms with Crippen molar-refractivity contribution in [2.75, 3.05) is 7.11 Å². The van der Waals surface area contributed by atoms with Crippen molar-refractivity contribution < 1.29 is 17.9 Å². The predicted molar refractivity (Wildman–Crippen MR) is 72.0 cm³/mol. The van der Waals surface area contributed by atoms with Crippen molar-refractivity contribution in [3.8, 4) is 5.75 Å². The second kappa shape index (κ2) is 6.04. The number of ether oxygens (including phenoxy) is 1. The SMILES string of the molecule is COc1ccc(C2CC(NC(C)CC(F)(F)F)C2)cc1. The van der Waals surface area contributed by atoms with Gasteiger partial charge in [0.15, 0.2) is 0 Å². The standard InChI is InChI=1S/C15H20F3NO/c1-10(9-15(16,17)18)19-13-7-12(8-13)11-3-5-14(20-2)6-4-11/h3-6,10,12-13,19H,7-9H2,1-2H3. The van der Waals surface area contributed by atoms with Gasteiger partial charge < -0.3 is 10.1 Å². The van der Waals surface area contributed by atoms with E-state index < -0.39 is 18.6 Å². The molecule has 0 bridgehead atoms. The van der Waals surface area contributed by atoms with Crippen molar-refractivity contribution in [2.45, 2.75) is 50.4 Å². The second-order valence-corrected chi connectivity index (χ2v) is 5.53. The predicted octanol–water partition coefficient (Wildman–Crippen LogP) is 3.87. The maximum absolute atomic E-state index is 12.2. The van der Waals surface area contributed by atoms with E-state index in [2.05, 4.69) is 5.32 Å². The topological polar surface area (TPSA) is 21.3 Å². The average Bonchev–Trinajstić information content (AvgIpc) is 2.31. The highest BCUT2D eigenvalue weighted by Gasteiger charge is 2.34. The molecule has 1 unspecified atom stereocenters. The van der Waals surface area contributed by atoms with Gasteiger partial charge in [-0.25, -0.2) is 0 Å². The second-order valence-electron chi connectivity index (χ2n) is 5.53. The molecule has 1 atom stereocenters. The molecule has 1 N–H and O–H groups in total. The minimum atomic E-state index is -4.09. The molecular formula is C15H20F3NO. The Morgan fingerprint density at radius 2 is 1.85 bits per heavy atom. The molecule has 0 saturated heterocycles. The lowest BCUT2D eigenvalue weighted by molar-refractivity contribution is -0.139. The molecule has 0 spiro atoms. The third kappa shape index (κ3) is 4.13. The molecule has 2 rings (SSSR count). The van der Waals surface area contributed by atoms with Crippen LogP contribution in [0, 0.1) is 0 Å². The number of hydrogen-bond donors (Lipinski definition) is 1. The third-order valence-corrected chi connectivity index (χ3v) is 3.78. The molecule has 20 heavy (non-hydrogen) atoms. The lowest BCUT2D eigenvalue weighted by Crippen LogP contribution is -2.45. The van der Waals surface area contributed by atoms with E-state index in [1.54, 1.807) is 14.0 Å². The van der Waals surface area contributed by atoms with Gasteiger partial charge in [0.2, 0.25) is 0 Å². The first kappa shape index (κ1) is 15.2. The Bertz CT molecular complexity index is 424. The Kier molecular flexibility index (Phi) is 4.58. The number of halogens is 3. The lowest BCUT2D eigenvalue weighted by atomic mass is 9.75. The molecule has 0 aliphatic heterocycles. The van der Waals surface area contributed by atoms with Gasteiger partial charge in [-0.3, -0.25) is 0 Å². The van der Waals surface area contributed by atoms with Gasteiger partial charge in [0, 0.05) is 12.1 Å². The highest BCUT2D eigenvalue weighted by Crippen LogP contribution is 2.38. The summed E-state index contributed by atoms with van der Waals surface area (Å²) >= 11 is 0. The van der Waals surface area contributed by atoms with Gasteiger partial charge in [-0.05, 0) is 43.4 Å². The number of alkyl halides is 3. The molecule has 1 saturated carbocycles. The first-order chi connectivity index (χ1) is 9.37. The summed E-state index contributed by atoms with van der Waals surface area (Å²) in [6.45, 7) is 1.59.